The number of rotatable bonds is 1. The molecule has 0 amide bonds. The van der Waals surface area contributed by atoms with Crippen LogP contribution in [0.3, 0.4) is 0 Å². The minimum atomic E-state index is -0.176. The third-order valence-electron chi connectivity index (χ3n) is 3.28. The van der Waals surface area contributed by atoms with E-state index in [1.807, 2.05) is 12.1 Å². The average Bonchev–Trinajstić information content (AvgIpc) is 2.77. The number of aryl methyl sites for hydroxylation is 2. The number of fused-ring (bicyclic) bond motifs is 1. The van der Waals surface area contributed by atoms with Gasteiger partial charge in [-0.25, -0.2) is 4.39 Å². The first-order valence-corrected chi connectivity index (χ1v) is 5.71. The van der Waals surface area contributed by atoms with Crippen LogP contribution in [0.25, 0.3) is 11.1 Å². The van der Waals surface area contributed by atoms with E-state index in [0.29, 0.717) is 0 Å². The van der Waals surface area contributed by atoms with Crippen molar-refractivity contribution in [1.82, 2.24) is 0 Å². The Balaban J connectivity index is 2.03. The maximum atomic E-state index is 12.8. The molecule has 2 aromatic carbocycles. The Bertz CT molecular complexity index is 511. The van der Waals surface area contributed by atoms with Gasteiger partial charge in [-0.3, -0.25) is 0 Å². The van der Waals surface area contributed by atoms with Gasteiger partial charge in [-0.1, -0.05) is 30.3 Å². The number of hydrogen-bond donors (Lipinski definition) is 0. The second-order valence-corrected chi connectivity index (χ2v) is 4.34. The van der Waals surface area contributed by atoms with Gasteiger partial charge in [0.05, 0.1) is 0 Å². The van der Waals surface area contributed by atoms with Gasteiger partial charge in [0.1, 0.15) is 5.82 Å². The van der Waals surface area contributed by atoms with Crippen molar-refractivity contribution in [2.24, 2.45) is 0 Å². The van der Waals surface area contributed by atoms with Crippen LogP contribution in [0.2, 0.25) is 0 Å². The molecule has 0 fully saturated rings. The van der Waals surface area contributed by atoms with E-state index in [0.717, 1.165) is 5.56 Å². The smallest absolute Gasteiger partial charge is 0.123 e. The van der Waals surface area contributed by atoms with E-state index in [4.69, 9.17) is 0 Å². The van der Waals surface area contributed by atoms with Gasteiger partial charge in [-0.05, 0) is 53.6 Å². The largest absolute Gasteiger partial charge is 0.207 e. The number of halogens is 1. The molecule has 0 aromatic heterocycles. The Labute approximate surface area is 94.7 Å². The van der Waals surface area contributed by atoms with Gasteiger partial charge in [-0.15, -0.1) is 0 Å². The Kier molecular flexibility index (Phi) is 2.24. The molecule has 0 radical (unpaired) electrons. The molecule has 1 aliphatic carbocycles. The lowest BCUT2D eigenvalue weighted by Crippen LogP contribution is -1.84. The van der Waals surface area contributed by atoms with Gasteiger partial charge in [0, 0.05) is 0 Å². The number of hydrogen-bond acceptors (Lipinski definition) is 0. The first-order chi connectivity index (χ1) is 7.83. The summed E-state index contributed by atoms with van der Waals surface area (Å²) < 4.78 is 12.8. The monoisotopic (exact) mass is 212 g/mol. The van der Waals surface area contributed by atoms with Crippen LogP contribution in [-0.2, 0) is 12.8 Å². The van der Waals surface area contributed by atoms with Gasteiger partial charge in [0.2, 0.25) is 0 Å². The summed E-state index contributed by atoms with van der Waals surface area (Å²) in [6.07, 6.45) is 3.66. The van der Waals surface area contributed by atoms with E-state index in [1.54, 1.807) is 0 Å². The molecule has 0 aliphatic heterocycles. The van der Waals surface area contributed by atoms with Crippen molar-refractivity contribution in [1.29, 1.82) is 0 Å². The van der Waals surface area contributed by atoms with Crippen LogP contribution in [0.1, 0.15) is 17.5 Å². The van der Waals surface area contributed by atoms with E-state index < -0.39 is 0 Å². The molecular weight excluding hydrogens is 199 g/mol. The number of benzene rings is 2. The van der Waals surface area contributed by atoms with Gasteiger partial charge in [-0.2, -0.15) is 0 Å². The molecule has 0 atom stereocenters. The predicted molar refractivity (Wildman–Crippen MR) is 63.9 cm³/mol. The Morgan fingerprint density at radius 2 is 1.44 bits per heavy atom. The van der Waals surface area contributed by atoms with Crippen molar-refractivity contribution < 1.29 is 4.39 Å². The summed E-state index contributed by atoms with van der Waals surface area (Å²) in [4.78, 5) is 0. The summed E-state index contributed by atoms with van der Waals surface area (Å²) >= 11 is 0. The normalized spacial score (nSPS) is 13.8. The summed E-state index contributed by atoms with van der Waals surface area (Å²) in [5, 5.41) is 0. The fourth-order valence-electron chi connectivity index (χ4n) is 2.39. The highest BCUT2D eigenvalue weighted by molar-refractivity contribution is 5.65. The third kappa shape index (κ3) is 1.63. The predicted octanol–water partition coefficient (Wildman–Crippen LogP) is 3.98. The molecule has 0 spiro atoms. The van der Waals surface area contributed by atoms with Crippen LogP contribution in [0, 0.1) is 5.82 Å². The summed E-state index contributed by atoms with van der Waals surface area (Å²) in [5.74, 6) is -0.176. The zero-order chi connectivity index (χ0) is 11.0. The molecule has 2 aromatic rings. The minimum absolute atomic E-state index is 0.176. The summed E-state index contributed by atoms with van der Waals surface area (Å²) in [6.45, 7) is 0. The Morgan fingerprint density at radius 1 is 0.750 bits per heavy atom. The van der Waals surface area contributed by atoms with Crippen molar-refractivity contribution in [3.63, 3.8) is 0 Å². The fraction of sp³-hybridized carbons (Fsp3) is 0.200. The highest BCUT2D eigenvalue weighted by Crippen LogP contribution is 2.27. The van der Waals surface area contributed by atoms with Crippen molar-refractivity contribution in [3.8, 4) is 11.1 Å². The lowest BCUT2D eigenvalue weighted by atomic mass is 10.0. The fourth-order valence-corrected chi connectivity index (χ4v) is 2.39. The van der Waals surface area contributed by atoms with Crippen LogP contribution in [-0.4, -0.2) is 0 Å². The molecule has 1 aliphatic rings. The summed E-state index contributed by atoms with van der Waals surface area (Å²) in [6, 6.07) is 13.3. The molecule has 1 heteroatoms. The SMILES string of the molecule is Fc1ccc(-c2ccc3c(c2)CCC3)cc1. The van der Waals surface area contributed by atoms with Crippen LogP contribution >= 0.6 is 0 Å². The molecule has 0 bridgehead atoms. The molecule has 16 heavy (non-hydrogen) atoms. The molecule has 0 saturated carbocycles. The molecule has 0 heterocycles. The molecule has 3 rings (SSSR count). The van der Waals surface area contributed by atoms with E-state index in [-0.39, 0.29) is 5.82 Å². The molecule has 80 valence electrons. The molecular formula is C15H13F. The molecule has 0 nitrogen and oxygen atoms in total. The first kappa shape index (κ1) is 9.59. The quantitative estimate of drug-likeness (QED) is 0.670. The minimum Gasteiger partial charge on any atom is -0.207 e. The van der Waals surface area contributed by atoms with Crippen LogP contribution in [0.4, 0.5) is 4.39 Å². The summed E-state index contributed by atoms with van der Waals surface area (Å²) in [5.41, 5.74) is 5.23. The first-order valence-electron chi connectivity index (χ1n) is 5.71. The van der Waals surface area contributed by atoms with Crippen LogP contribution in [0.15, 0.2) is 42.5 Å². The van der Waals surface area contributed by atoms with Crippen molar-refractivity contribution in [2.75, 3.05) is 0 Å². The van der Waals surface area contributed by atoms with E-state index >= 15 is 0 Å². The van der Waals surface area contributed by atoms with E-state index in [1.165, 1.54) is 48.1 Å². The standard InChI is InChI=1S/C15H13F/c16-15-8-6-12(7-9-15)14-5-4-11-2-1-3-13(11)10-14/h4-10H,1-3H2. The van der Waals surface area contributed by atoms with Crippen LogP contribution in [0.5, 0.6) is 0 Å². The Hall–Kier alpha value is -1.63. The van der Waals surface area contributed by atoms with Crippen molar-refractivity contribution in [2.45, 2.75) is 19.3 Å². The zero-order valence-corrected chi connectivity index (χ0v) is 9.04. The van der Waals surface area contributed by atoms with E-state index in [2.05, 4.69) is 18.2 Å². The van der Waals surface area contributed by atoms with Gasteiger partial charge < -0.3 is 0 Å². The molecule has 0 N–H and O–H groups in total. The second kappa shape index (κ2) is 3.75. The van der Waals surface area contributed by atoms with Crippen LogP contribution < -0.4 is 0 Å². The van der Waals surface area contributed by atoms with Crippen molar-refractivity contribution >= 4 is 0 Å². The lowest BCUT2D eigenvalue weighted by Gasteiger charge is -2.05. The topological polar surface area (TPSA) is 0 Å². The average molecular weight is 212 g/mol. The highest BCUT2D eigenvalue weighted by atomic mass is 19.1. The van der Waals surface area contributed by atoms with E-state index in [9.17, 15) is 4.39 Å². The third-order valence-corrected chi connectivity index (χ3v) is 3.28. The van der Waals surface area contributed by atoms with Crippen molar-refractivity contribution in [3.05, 3.63) is 59.4 Å². The maximum Gasteiger partial charge on any atom is 0.123 e. The molecule has 0 unspecified atom stereocenters. The zero-order valence-electron chi connectivity index (χ0n) is 9.04. The second-order valence-electron chi connectivity index (χ2n) is 4.34. The highest BCUT2D eigenvalue weighted by Gasteiger charge is 2.11. The van der Waals surface area contributed by atoms with Gasteiger partial charge >= 0.3 is 0 Å². The maximum absolute atomic E-state index is 12.8. The van der Waals surface area contributed by atoms with Gasteiger partial charge in [0.15, 0.2) is 0 Å². The Morgan fingerprint density at radius 3 is 2.25 bits per heavy atom. The molecule has 0 saturated heterocycles. The lowest BCUT2D eigenvalue weighted by molar-refractivity contribution is 0.628. The van der Waals surface area contributed by atoms with Gasteiger partial charge in [0.25, 0.3) is 0 Å². The summed E-state index contributed by atoms with van der Waals surface area (Å²) in [7, 11) is 0.